The highest BCUT2D eigenvalue weighted by molar-refractivity contribution is 5.82. The van der Waals surface area contributed by atoms with Crippen molar-refractivity contribution in [3.63, 3.8) is 0 Å². The van der Waals surface area contributed by atoms with Gasteiger partial charge in [-0.2, -0.15) is 0 Å². The van der Waals surface area contributed by atoms with Crippen LogP contribution in [0.2, 0.25) is 0 Å². The Morgan fingerprint density at radius 3 is 2.47 bits per heavy atom. The molecular weight excluding hydrogens is 447 g/mol. The largest absolute Gasteiger partial charge is 0.489 e. The lowest BCUT2D eigenvalue weighted by atomic mass is 9.77. The summed E-state index contributed by atoms with van der Waals surface area (Å²) >= 11 is 0. The number of allylic oxidation sites excluding steroid dienone is 2. The van der Waals surface area contributed by atoms with Crippen molar-refractivity contribution in [1.29, 1.82) is 0 Å². The van der Waals surface area contributed by atoms with Gasteiger partial charge in [-0.25, -0.2) is 4.39 Å². The van der Waals surface area contributed by atoms with Crippen molar-refractivity contribution in [2.45, 2.75) is 25.0 Å². The summed E-state index contributed by atoms with van der Waals surface area (Å²) < 4.78 is 18.8. The van der Waals surface area contributed by atoms with Crippen molar-refractivity contribution in [3.05, 3.63) is 137 Å². The molecule has 4 heteroatoms. The van der Waals surface area contributed by atoms with Crippen LogP contribution < -0.4 is 10.1 Å². The van der Waals surface area contributed by atoms with E-state index in [4.69, 9.17) is 4.74 Å². The molecule has 0 bridgehead atoms. The Balaban J connectivity index is 1.10. The summed E-state index contributed by atoms with van der Waals surface area (Å²) in [5.74, 6) is 1.54. The molecular formula is C32H27FN2O. The summed E-state index contributed by atoms with van der Waals surface area (Å²) in [6.07, 6.45) is 7.66. The Kier molecular flexibility index (Phi) is 6.08. The molecule has 0 radical (unpaired) electrons. The molecule has 178 valence electrons. The number of hydrogen-bond acceptors (Lipinski definition) is 3. The Bertz CT molecular complexity index is 1390. The van der Waals surface area contributed by atoms with Crippen molar-refractivity contribution in [2.75, 3.05) is 5.32 Å². The molecule has 4 aromatic rings. The maximum Gasteiger partial charge on any atom is 0.123 e. The fourth-order valence-electron chi connectivity index (χ4n) is 5.19. The van der Waals surface area contributed by atoms with E-state index < -0.39 is 0 Å². The smallest absolute Gasteiger partial charge is 0.123 e. The van der Waals surface area contributed by atoms with Crippen LogP contribution in [0.1, 0.15) is 40.6 Å². The number of rotatable bonds is 6. The van der Waals surface area contributed by atoms with Gasteiger partial charge < -0.3 is 10.1 Å². The number of benzene rings is 4. The first-order valence-corrected chi connectivity index (χ1v) is 12.4. The molecule has 0 aromatic heterocycles. The van der Waals surface area contributed by atoms with Gasteiger partial charge in [0.1, 0.15) is 18.2 Å². The van der Waals surface area contributed by atoms with Crippen LogP contribution in [0, 0.1) is 11.7 Å². The highest BCUT2D eigenvalue weighted by atomic mass is 19.1. The maximum atomic E-state index is 13.0. The number of halogens is 1. The molecule has 1 heterocycles. The van der Waals surface area contributed by atoms with E-state index in [1.807, 2.05) is 30.5 Å². The van der Waals surface area contributed by atoms with Crippen LogP contribution in [0.25, 0.3) is 0 Å². The van der Waals surface area contributed by atoms with Gasteiger partial charge in [0.2, 0.25) is 0 Å². The maximum absolute atomic E-state index is 13.0. The highest BCUT2D eigenvalue weighted by Gasteiger charge is 2.37. The monoisotopic (exact) mass is 474 g/mol. The number of nitrogens with one attached hydrogen (secondary N) is 1. The lowest BCUT2D eigenvalue weighted by Crippen LogP contribution is -2.28. The predicted octanol–water partition coefficient (Wildman–Crippen LogP) is 7.98. The number of fused-ring (bicyclic) bond motifs is 3. The van der Waals surface area contributed by atoms with Crippen LogP contribution in [0.15, 0.2) is 114 Å². The second kappa shape index (κ2) is 9.82. The number of hydrogen-bond donors (Lipinski definition) is 1. The Morgan fingerprint density at radius 1 is 0.889 bits per heavy atom. The van der Waals surface area contributed by atoms with E-state index in [1.165, 1.54) is 28.9 Å². The standard InChI is InChI=1S/C32H27FN2O/c33-25-14-8-23(9-15-25)21-36-27-18-10-22(11-19-27)20-34-26-16-12-24(13-17-26)32-30-6-3-5-28(30)29-4-1-2-7-31(29)35-32/h1-5,7-20,28,30,32,35H,6,21H2/t28-,30-,32-/m0/s1. The van der Waals surface area contributed by atoms with Crippen LogP contribution in [-0.2, 0) is 6.61 Å². The molecule has 0 spiro atoms. The van der Waals surface area contributed by atoms with Crippen molar-refractivity contribution in [3.8, 4) is 5.75 Å². The van der Waals surface area contributed by atoms with Gasteiger partial charge >= 0.3 is 0 Å². The van der Waals surface area contributed by atoms with Crippen LogP contribution in [0.5, 0.6) is 5.75 Å². The van der Waals surface area contributed by atoms with Gasteiger partial charge in [-0.1, -0.05) is 54.6 Å². The van der Waals surface area contributed by atoms with Gasteiger partial charge in [-0.05, 0) is 89.2 Å². The molecule has 0 saturated carbocycles. The molecule has 1 aliphatic carbocycles. The van der Waals surface area contributed by atoms with E-state index in [1.54, 1.807) is 12.1 Å². The first-order chi connectivity index (χ1) is 17.7. The lowest BCUT2D eigenvalue weighted by molar-refractivity contribution is 0.306. The fourth-order valence-corrected chi connectivity index (χ4v) is 5.19. The third-order valence-electron chi connectivity index (χ3n) is 7.09. The van der Waals surface area contributed by atoms with Crippen molar-refractivity contribution >= 4 is 17.6 Å². The Morgan fingerprint density at radius 2 is 1.67 bits per heavy atom. The van der Waals surface area contributed by atoms with Crippen LogP contribution >= 0.6 is 0 Å². The minimum Gasteiger partial charge on any atom is -0.489 e. The molecule has 0 unspecified atom stereocenters. The zero-order valence-electron chi connectivity index (χ0n) is 19.8. The number of anilines is 1. The first-order valence-electron chi connectivity index (χ1n) is 12.4. The topological polar surface area (TPSA) is 33.6 Å². The minimum absolute atomic E-state index is 0.242. The third-order valence-corrected chi connectivity index (χ3v) is 7.09. The summed E-state index contributed by atoms with van der Waals surface area (Å²) in [5, 5.41) is 3.78. The average molecular weight is 475 g/mol. The molecule has 3 atom stereocenters. The van der Waals surface area contributed by atoms with Gasteiger partial charge in [0.05, 0.1) is 11.7 Å². The zero-order valence-corrected chi connectivity index (χ0v) is 19.8. The van der Waals surface area contributed by atoms with Gasteiger partial charge in [0.15, 0.2) is 0 Å². The van der Waals surface area contributed by atoms with E-state index in [-0.39, 0.29) is 5.82 Å². The summed E-state index contributed by atoms with van der Waals surface area (Å²) in [4.78, 5) is 4.66. The summed E-state index contributed by atoms with van der Waals surface area (Å²) in [6, 6.07) is 31.7. The average Bonchev–Trinajstić information content (AvgIpc) is 3.43. The summed E-state index contributed by atoms with van der Waals surface area (Å²) in [5.41, 5.74) is 6.79. The molecule has 1 aliphatic heterocycles. The van der Waals surface area contributed by atoms with E-state index in [0.717, 1.165) is 29.0 Å². The van der Waals surface area contributed by atoms with E-state index >= 15 is 0 Å². The SMILES string of the molecule is Fc1ccc(COc2ccc(C=Nc3ccc([C@@H]4Nc5ccccc5[C@@H]5C=CC[C@@H]54)cc3)cc2)cc1. The van der Waals surface area contributed by atoms with Crippen LogP contribution in [-0.4, -0.2) is 6.21 Å². The molecule has 0 saturated heterocycles. The predicted molar refractivity (Wildman–Crippen MR) is 144 cm³/mol. The van der Waals surface area contributed by atoms with Gasteiger partial charge in [-0.15, -0.1) is 0 Å². The van der Waals surface area contributed by atoms with Gasteiger partial charge in [-0.3, -0.25) is 4.99 Å². The van der Waals surface area contributed by atoms with Gasteiger partial charge in [0.25, 0.3) is 0 Å². The highest BCUT2D eigenvalue weighted by Crippen LogP contribution is 2.49. The van der Waals surface area contributed by atoms with E-state index in [9.17, 15) is 4.39 Å². The molecule has 0 fully saturated rings. The molecule has 1 N–H and O–H groups in total. The minimum atomic E-state index is -0.242. The third kappa shape index (κ3) is 4.67. The second-order valence-corrected chi connectivity index (χ2v) is 9.40. The molecule has 6 rings (SSSR count). The second-order valence-electron chi connectivity index (χ2n) is 9.40. The molecule has 4 aromatic carbocycles. The fraction of sp³-hybridized carbons (Fsp3) is 0.156. The number of aliphatic imine (C=N–C) groups is 1. The normalized spacial score (nSPS) is 20.1. The number of para-hydroxylation sites is 1. The van der Waals surface area contributed by atoms with E-state index in [0.29, 0.717) is 24.5 Å². The van der Waals surface area contributed by atoms with Crippen LogP contribution in [0.3, 0.4) is 0 Å². The Labute approximate surface area is 211 Å². The molecule has 0 amide bonds. The number of nitrogens with zero attached hydrogens (tertiary/aromatic N) is 1. The zero-order chi connectivity index (χ0) is 24.3. The molecule has 3 nitrogen and oxygen atoms in total. The lowest BCUT2D eigenvalue weighted by Gasteiger charge is -2.37. The first kappa shape index (κ1) is 22.3. The van der Waals surface area contributed by atoms with Crippen molar-refractivity contribution in [1.82, 2.24) is 0 Å². The molecule has 36 heavy (non-hydrogen) atoms. The summed E-state index contributed by atoms with van der Waals surface area (Å²) in [6.45, 7) is 0.402. The quantitative estimate of drug-likeness (QED) is 0.227. The molecule has 2 aliphatic rings. The van der Waals surface area contributed by atoms with Crippen LogP contribution in [0.4, 0.5) is 15.8 Å². The van der Waals surface area contributed by atoms with E-state index in [2.05, 4.69) is 71.0 Å². The number of ether oxygens (including phenoxy) is 1. The summed E-state index contributed by atoms with van der Waals surface area (Å²) in [7, 11) is 0. The van der Waals surface area contributed by atoms with Crippen molar-refractivity contribution in [2.24, 2.45) is 10.9 Å². The van der Waals surface area contributed by atoms with Gasteiger partial charge in [0, 0.05) is 17.8 Å². The Hall–Kier alpha value is -4.18. The van der Waals surface area contributed by atoms with Crippen molar-refractivity contribution < 1.29 is 9.13 Å².